The summed E-state index contributed by atoms with van der Waals surface area (Å²) >= 11 is 0. The highest BCUT2D eigenvalue weighted by atomic mass is 16.2. The van der Waals surface area contributed by atoms with Gasteiger partial charge in [-0.05, 0) is 19.3 Å². The molecule has 16 heavy (non-hydrogen) atoms. The average molecular weight is 226 g/mol. The summed E-state index contributed by atoms with van der Waals surface area (Å²) in [5.74, 6) is 0.199. The molecule has 0 atom stereocenters. The minimum atomic E-state index is -0.260. The second-order valence-corrected chi connectivity index (χ2v) is 5.01. The second kappa shape index (κ2) is 6.89. The Hall–Kier alpha value is -0.570. The van der Waals surface area contributed by atoms with Gasteiger partial charge in [0.1, 0.15) is 0 Å². The molecule has 3 nitrogen and oxygen atoms in total. The van der Waals surface area contributed by atoms with Gasteiger partial charge in [-0.25, -0.2) is 0 Å². The first-order valence-corrected chi connectivity index (χ1v) is 6.73. The third-order valence-electron chi connectivity index (χ3n) is 3.75. The predicted octanol–water partition coefficient (Wildman–Crippen LogP) is 2.20. The maximum Gasteiger partial charge on any atom is 0.227 e. The van der Waals surface area contributed by atoms with Gasteiger partial charge in [0.25, 0.3) is 0 Å². The van der Waals surface area contributed by atoms with Crippen LogP contribution in [0.3, 0.4) is 0 Å². The van der Waals surface area contributed by atoms with Crippen LogP contribution in [0, 0.1) is 5.41 Å². The lowest BCUT2D eigenvalue weighted by Crippen LogP contribution is -2.46. The SMILES string of the molecule is CCCCNC(=O)C1(CN)CCCCCC1. The van der Waals surface area contributed by atoms with Crippen LogP contribution in [-0.4, -0.2) is 19.0 Å². The number of amides is 1. The minimum Gasteiger partial charge on any atom is -0.356 e. The van der Waals surface area contributed by atoms with Crippen molar-refractivity contribution in [1.82, 2.24) is 5.32 Å². The lowest BCUT2D eigenvalue weighted by Gasteiger charge is -2.29. The van der Waals surface area contributed by atoms with Crippen LogP contribution in [-0.2, 0) is 4.79 Å². The summed E-state index contributed by atoms with van der Waals surface area (Å²) in [6.45, 7) is 3.44. The number of rotatable bonds is 5. The van der Waals surface area contributed by atoms with Gasteiger partial charge in [0, 0.05) is 13.1 Å². The molecule has 1 aliphatic rings. The number of nitrogens with one attached hydrogen (secondary N) is 1. The largest absolute Gasteiger partial charge is 0.356 e. The van der Waals surface area contributed by atoms with Gasteiger partial charge < -0.3 is 11.1 Å². The molecule has 1 saturated carbocycles. The first-order valence-electron chi connectivity index (χ1n) is 6.73. The first kappa shape index (κ1) is 13.5. The Morgan fingerprint density at radius 3 is 2.38 bits per heavy atom. The topological polar surface area (TPSA) is 55.1 Å². The number of carbonyl (C=O) groups is 1. The molecule has 0 aromatic rings. The lowest BCUT2D eigenvalue weighted by atomic mass is 9.79. The Morgan fingerprint density at radius 1 is 1.25 bits per heavy atom. The molecule has 0 spiro atoms. The molecule has 0 saturated heterocycles. The highest BCUT2D eigenvalue weighted by Crippen LogP contribution is 2.34. The molecule has 3 heteroatoms. The summed E-state index contributed by atoms with van der Waals surface area (Å²) in [6.07, 6.45) is 8.94. The Balaban J connectivity index is 2.51. The third-order valence-corrected chi connectivity index (χ3v) is 3.75. The first-order chi connectivity index (χ1) is 7.75. The van der Waals surface area contributed by atoms with Crippen molar-refractivity contribution in [3.05, 3.63) is 0 Å². The van der Waals surface area contributed by atoms with E-state index in [4.69, 9.17) is 5.73 Å². The Bertz CT molecular complexity index is 208. The van der Waals surface area contributed by atoms with Crippen molar-refractivity contribution >= 4 is 5.91 Å². The Labute approximate surface area is 99.2 Å². The van der Waals surface area contributed by atoms with Crippen LogP contribution in [0.1, 0.15) is 58.3 Å². The maximum absolute atomic E-state index is 12.2. The molecule has 0 unspecified atom stereocenters. The van der Waals surface area contributed by atoms with Crippen LogP contribution in [0.4, 0.5) is 0 Å². The number of unbranched alkanes of at least 4 members (excludes halogenated alkanes) is 1. The van der Waals surface area contributed by atoms with E-state index in [1.165, 1.54) is 12.8 Å². The molecule has 0 radical (unpaired) electrons. The smallest absolute Gasteiger partial charge is 0.227 e. The van der Waals surface area contributed by atoms with Crippen LogP contribution in [0.25, 0.3) is 0 Å². The molecular weight excluding hydrogens is 200 g/mol. The van der Waals surface area contributed by atoms with Crippen molar-refractivity contribution in [2.24, 2.45) is 11.1 Å². The second-order valence-electron chi connectivity index (χ2n) is 5.01. The maximum atomic E-state index is 12.2. The lowest BCUT2D eigenvalue weighted by molar-refractivity contribution is -0.131. The van der Waals surface area contributed by atoms with E-state index >= 15 is 0 Å². The van der Waals surface area contributed by atoms with Gasteiger partial charge in [-0.1, -0.05) is 39.0 Å². The zero-order valence-electron chi connectivity index (χ0n) is 10.6. The quantitative estimate of drug-likeness (QED) is 0.558. The monoisotopic (exact) mass is 226 g/mol. The highest BCUT2D eigenvalue weighted by molar-refractivity contribution is 5.82. The molecule has 0 bridgehead atoms. The fourth-order valence-electron chi connectivity index (χ4n) is 2.50. The van der Waals surface area contributed by atoms with E-state index in [1.807, 2.05) is 0 Å². The average Bonchev–Trinajstić information content (AvgIpc) is 2.55. The normalized spacial score (nSPS) is 20.1. The molecule has 1 amide bonds. The third kappa shape index (κ3) is 3.48. The Kier molecular flexibility index (Phi) is 5.81. The zero-order chi connectivity index (χ0) is 11.9. The van der Waals surface area contributed by atoms with Crippen LogP contribution in [0.5, 0.6) is 0 Å². The van der Waals surface area contributed by atoms with Crippen molar-refractivity contribution in [1.29, 1.82) is 0 Å². The fourth-order valence-corrected chi connectivity index (χ4v) is 2.50. The zero-order valence-corrected chi connectivity index (χ0v) is 10.6. The molecule has 1 fully saturated rings. The minimum absolute atomic E-state index is 0.199. The summed E-state index contributed by atoms with van der Waals surface area (Å²) in [4.78, 5) is 12.2. The number of hydrogen-bond acceptors (Lipinski definition) is 2. The van der Waals surface area contributed by atoms with Crippen molar-refractivity contribution in [3.63, 3.8) is 0 Å². The van der Waals surface area contributed by atoms with E-state index in [1.54, 1.807) is 0 Å². The van der Waals surface area contributed by atoms with Gasteiger partial charge in [-0.3, -0.25) is 4.79 Å². The molecule has 1 aliphatic carbocycles. The van der Waals surface area contributed by atoms with Crippen LogP contribution in [0.15, 0.2) is 0 Å². The molecule has 1 rings (SSSR count). The summed E-state index contributed by atoms with van der Waals surface area (Å²) < 4.78 is 0. The molecule has 94 valence electrons. The van der Waals surface area contributed by atoms with Crippen molar-refractivity contribution < 1.29 is 4.79 Å². The van der Waals surface area contributed by atoms with Crippen molar-refractivity contribution in [2.75, 3.05) is 13.1 Å². The highest BCUT2D eigenvalue weighted by Gasteiger charge is 2.36. The molecule has 0 aromatic heterocycles. The molecule has 0 heterocycles. The number of hydrogen-bond donors (Lipinski definition) is 2. The molecule has 3 N–H and O–H groups in total. The van der Waals surface area contributed by atoms with Gasteiger partial charge in [-0.15, -0.1) is 0 Å². The number of carbonyl (C=O) groups excluding carboxylic acids is 1. The van der Waals surface area contributed by atoms with Crippen LogP contribution < -0.4 is 11.1 Å². The standard InChI is InChI=1S/C13H26N2O/c1-2-3-10-15-12(16)13(11-14)8-6-4-5-7-9-13/h2-11,14H2,1H3,(H,15,16). The van der Waals surface area contributed by atoms with Gasteiger partial charge >= 0.3 is 0 Å². The predicted molar refractivity (Wildman–Crippen MR) is 67.1 cm³/mol. The van der Waals surface area contributed by atoms with Crippen molar-refractivity contribution in [3.8, 4) is 0 Å². The summed E-state index contributed by atoms with van der Waals surface area (Å²) in [7, 11) is 0. The van der Waals surface area contributed by atoms with Gasteiger partial charge in [0.2, 0.25) is 5.91 Å². The number of nitrogens with two attached hydrogens (primary N) is 1. The molecular formula is C13H26N2O. The van der Waals surface area contributed by atoms with Gasteiger partial charge in [0.05, 0.1) is 5.41 Å². The Morgan fingerprint density at radius 2 is 1.88 bits per heavy atom. The van der Waals surface area contributed by atoms with E-state index in [0.29, 0.717) is 6.54 Å². The van der Waals surface area contributed by atoms with Gasteiger partial charge in [0.15, 0.2) is 0 Å². The van der Waals surface area contributed by atoms with E-state index in [9.17, 15) is 4.79 Å². The van der Waals surface area contributed by atoms with E-state index < -0.39 is 0 Å². The van der Waals surface area contributed by atoms with Crippen LogP contribution >= 0.6 is 0 Å². The van der Waals surface area contributed by atoms with E-state index in [2.05, 4.69) is 12.2 Å². The molecule has 0 aliphatic heterocycles. The molecule has 0 aromatic carbocycles. The van der Waals surface area contributed by atoms with Crippen molar-refractivity contribution in [2.45, 2.75) is 58.3 Å². The van der Waals surface area contributed by atoms with Gasteiger partial charge in [-0.2, -0.15) is 0 Å². The van der Waals surface area contributed by atoms with E-state index in [0.717, 1.165) is 45.1 Å². The summed E-state index contributed by atoms with van der Waals surface area (Å²) in [6, 6.07) is 0. The summed E-state index contributed by atoms with van der Waals surface area (Å²) in [5.41, 5.74) is 5.59. The van der Waals surface area contributed by atoms with E-state index in [-0.39, 0.29) is 11.3 Å². The fraction of sp³-hybridized carbons (Fsp3) is 0.923. The van der Waals surface area contributed by atoms with Crippen LogP contribution in [0.2, 0.25) is 0 Å². The summed E-state index contributed by atoms with van der Waals surface area (Å²) in [5, 5.41) is 3.05.